The molecule has 2 aromatic carbocycles. The summed E-state index contributed by atoms with van der Waals surface area (Å²) in [6.07, 6.45) is 3.07. The Labute approximate surface area is 166 Å². The number of hydrogen-bond acceptors (Lipinski definition) is 6. The fourth-order valence-corrected chi connectivity index (χ4v) is 2.98. The lowest BCUT2D eigenvalue weighted by atomic mass is 10.1. The lowest BCUT2D eigenvalue weighted by Gasteiger charge is -2.08. The molecule has 0 bridgehead atoms. The minimum absolute atomic E-state index is 0.326. The van der Waals surface area contributed by atoms with Crippen molar-refractivity contribution in [2.75, 3.05) is 12.4 Å². The third-order valence-corrected chi connectivity index (χ3v) is 4.41. The maximum atomic E-state index is 12.3. The fraction of sp³-hybridized carbons (Fsp3) is 0.0952. The summed E-state index contributed by atoms with van der Waals surface area (Å²) >= 11 is 0. The average molecular weight is 384 g/mol. The number of fused-ring (bicyclic) bond motifs is 1. The molecule has 0 aliphatic heterocycles. The highest BCUT2D eigenvalue weighted by Gasteiger charge is 2.12. The van der Waals surface area contributed by atoms with E-state index in [1.54, 1.807) is 37.6 Å². The third kappa shape index (κ3) is 3.49. The molecule has 1 N–H and O–H groups in total. The van der Waals surface area contributed by atoms with Crippen LogP contribution in [0.25, 0.3) is 16.9 Å². The van der Waals surface area contributed by atoms with E-state index in [4.69, 9.17) is 10.00 Å². The normalized spacial score (nSPS) is 10.5. The lowest BCUT2D eigenvalue weighted by Crippen LogP contribution is -2.13. The first-order chi connectivity index (χ1) is 14.1. The van der Waals surface area contributed by atoms with Crippen molar-refractivity contribution < 1.29 is 9.53 Å². The van der Waals surface area contributed by atoms with Gasteiger partial charge in [0, 0.05) is 11.6 Å². The monoisotopic (exact) mass is 384 g/mol. The van der Waals surface area contributed by atoms with E-state index in [2.05, 4.69) is 20.3 Å². The van der Waals surface area contributed by atoms with E-state index in [1.807, 2.05) is 35.8 Å². The van der Waals surface area contributed by atoms with Crippen molar-refractivity contribution in [3.05, 3.63) is 71.8 Å². The van der Waals surface area contributed by atoms with Crippen LogP contribution in [0, 0.1) is 18.3 Å². The molecule has 8 heteroatoms. The van der Waals surface area contributed by atoms with Gasteiger partial charge in [0.25, 0.3) is 5.91 Å². The SMILES string of the molecule is COc1ccc2c(c1)nc(C)n2-c1cnc(NC(=O)c2ccc(C#N)cc2)cn1. The maximum absolute atomic E-state index is 12.3. The van der Waals surface area contributed by atoms with Crippen LogP contribution in [0.3, 0.4) is 0 Å². The van der Waals surface area contributed by atoms with Crippen LogP contribution in [-0.2, 0) is 0 Å². The van der Waals surface area contributed by atoms with Crippen LogP contribution < -0.4 is 10.1 Å². The fourth-order valence-electron chi connectivity index (χ4n) is 2.98. The predicted molar refractivity (Wildman–Crippen MR) is 107 cm³/mol. The van der Waals surface area contributed by atoms with Crippen molar-refractivity contribution in [3.8, 4) is 17.6 Å². The van der Waals surface area contributed by atoms with Crippen LogP contribution in [0.4, 0.5) is 5.82 Å². The highest BCUT2D eigenvalue weighted by Crippen LogP contribution is 2.24. The number of amides is 1. The molecule has 0 unspecified atom stereocenters. The summed E-state index contributed by atoms with van der Waals surface area (Å²) in [6.45, 7) is 1.88. The highest BCUT2D eigenvalue weighted by molar-refractivity contribution is 6.03. The molecule has 0 aliphatic carbocycles. The Kier molecular flexibility index (Phi) is 4.63. The molecule has 1 amide bonds. The Morgan fingerprint density at radius 2 is 1.93 bits per heavy atom. The predicted octanol–water partition coefficient (Wildman–Crippen LogP) is 3.26. The Morgan fingerprint density at radius 1 is 1.14 bits per heavy atom. The number of imidazole rings is 1. The molecule has 8 nitrogen and oxygen atoms in total. The molecule has 0 saturated carbocycles. The first-order valence-corrected chi connectivity index (χ1v) is 8.76. The number of methoxy groups -OCH3 is 1. The molecule has 0 saturated heterocycles. The number of hydrogen-bond donors (Lipinski definition) is 1. The number of carbonyl (C=O) groups excluding carboxylic acids is 1. The van der Waals surface area contributed by atoms with E-state index in [-0.39, 0.29) is 5.91 Å². The molecule has 2 aromatic heterocycles. The Hall–Kier alpha value is -4.25. The molecule has 2 heterocycles. The zero-order valence-corrected chi connectivity index (χ0v) is 15.7. The molecule has 4 rings (SSSR count). The van der Waals surface area contributed by atoms with E-state index in [0.29, 0.717) is 22.8 Å². The smallest absolute Gasteiger partial charge is 0.256 e. The van der Waals surface area contributed by atoms with E-state index in [0.717, 1.165) is 22.6 Å². The zero-order valence-electron chi connectivity index (χ0n) is 15.7. The summed E-state index contributed by atoms with van der Waals surface area (Å²) in [4.78, 5) is 25.6. The number of anilines is 1. The van der Waals surface area contributed by atoms with E-state index < -0.39 is 0 Å². The first kappa shape index (κ1) is 18.1. The summed E-state index contributed by atoms with van der Waals surface area (Å²) in [6, 6.07) is 14.0. The number of nitriles is 1. The average Bonchev–Trinajstić information content (AvgIpc) is 3.09. The molecule has 142 valence electrons. The number of aromatic nitrogens is 4. The van der Waals surface area contributed by atoms with Crippen LogP contribution in [-0.4, -0.2) is 32.5 Å². The number of benzene rings is 2. The number of aryl methyl sites for hydroxylation is 1. The molecule has 0 radical (unpaired) electrons. The van der Waals surface area contributed by atoms with Gasteiger partial charge >= 0.3 is 0 Å². The Bertz CT molecular complexity index is 1240. The maximum Gasteiger partial charge on any atom is 0.256 e. The van der Waals surface area contributed by atoms with Gasteiger partial charge in [0.1, 0.15) is 11.6 Å². The highest BCUT2D eigenvalue weighted by atomic mass is 16.5. The summed E-state index contributed by atoms with van der Waals surface area (Å²) in [7, 11) is 1.61. The molecule has 4 aromatic rings. The molecular weight excluding hydrogens is 368 g/mol. The first-order valence-electron chi connectivity index (χ1n) is 8.76. The molecule has 0 atom stereocenters. The summed E-state index contributed by atoms with van der Waals surface area (Å²) in [5, 5.41) is 11.5. The van der Waals surface area contributed by atoms with E-state index in [1.165, 1.54) is 6.20 Å². The second kappa shape index (κ2) is 7.40. The van der Waals surface area contributed by atoms with E-state index in [9.17, 15) is 4.79 Å². The summed E-state index contributed by atoms with van der Waals surface area (Å²) in [5.41, 5.74) is 2.60. The number of ether oxygens (including phenoxy) is 1. The van der Waals surface area contributed by atoms with Crippen molar-refractivity contribution in [2.24, 2.45) is 0 Å². The second-order valence-electron chi connectivity index (χ2n) is 6.25. The molecule has 0 fully saturated rings. The minimum atomic E-state index is -0.326. The number of rotatable bonds is 4. The summed E-state index contributed by atoms with van der Waals surface area (Å²) < 4.78 is 7.13. The Morgan fingerprint density at radius 3 is 2.59 bits per heavy atom. The minimum Gasteiger partial charge on any atom is -0.497 e. The van der Waals surface area contributed by atoms with Gasteiger partial charge in [-0.25, -0.2) is 15.0 Å². The van der Waals surface area contributed by atoms with Gasteiger partial charge < -0.3 is 10.1 Å². The van der Waals surface area contributed by atoms with Gasteiger partial charge in [0.05, 0.1) is 42.2 Å². The van der Waals surface area contributed by atoms with Crippen LogP contribution in [0.1, 0.15) is 21.7 Å². The van der Waals surface area contributed by atoms with Crippen molar-refractivity contribution in [1.82, 2.24) is 19.5 Å². The van der Waals surface area contributed by atoms with Crippen LogP contribution in [0.15, 0.2) is 54.9 Å². The van der Waals surface area contributed by atoms with Crippen molar-refractivity contribution in [3.63, 3.8) is 0 Å². The molecule has 0 aliphatic rings. The Balaban J connectivity index is 1.58. The van der Waals surface area contributed by atoms with Gasteiger partial charge in [0.2, 0.25) is 0 Å². The molecule has 29 heavy (non-hydrogen) atoms. The summed E-state index contributed by atoms with van der Waals surface area (Å²) in [5.74, 6) is 2.08. The number of nitrogens with one attached hydrogen (secondary N) is 1. The van der Waals surface area contributed by atoms with Gasteiger partial charge in [-0.05, 0) is 43.3 Å². The molecular formula is C21H16N6O2. The standard InChI is InChI=1S/C21H16N6O2/c1-13-25-17-9-16(29-2)7-8-18(17)27(13)20-12-23-19(11-24-20)26-21(28)15-5-3-14(10-22)4-6-15/h3-9,11-12H,1-2H3,(H,23,26,28). The van der Waals surface area contributed by atoms with E-state index >= 15 is 0 Å². The van der Waals surface area contributed by atoms with Crippen LogP contribution in [0.2, 0.25) is 0 Å². The quantitative estimate of drug-likeness (QED) is 0.579. The van der Waals surface area contributed by atoms with Gasteiger partial charge in [-0.2, -0.15) is 5.26 Å². The van der Waals surface area contributed by atoms with Crippen LogP contribution in [0.5, 0.6) is 5.75 Å². The van der Waals surface area contributed by atoms with Crippen molar-refractivity contribution in [2.45, 2.75) is 6.92 Å². The van der Waals surface area contributed by atoms with Gasteiger partial charge in [-0.3, -0.25) is 9.36 Å². The third-order valence-electron chi connectivity index (χ3n) is 4.41. The molecule has 0 spiro atoms. The zero-order chi connectivity index (χ0) is 20.4. The van der Waals surface area contributed by atoms with Crippen molar-refractivity contribution in [1.29, 1.82) is 5.26 Å². The van der Waals surface area contributed by atoms with Gasteiger partial charge in [-0.15, -0.1) is 0 Å². The topological polar surface area (TPSA) is 106 Å². The second-order valence-corrected chi connectivity index (χ2v) is 6.25. The number of carbonyl (C=O) groups is 1. The lowest BCUT2D eigenvalue weighted by molar-refractivity contribution is 0.102. The van der Waals surface area contributed by atoms with Gasteiger partial charge in [0.15, 0.2) is 11.6 Å². The number of nitrogens with zero attached hydrogens (tertiary/aromatic N) is 5. The van der Waals surface area contributed by atoms with Crippen molar-refractivity contribution >= 4 is 22.8 Å². The largest absolute Gasteiger partial charge is 0.497 e. The van der Waals surface area contributed by atoms with Crippen LogP contribution >= 0.6 is 0 Å². The van der Waals surface area contributed by atoms with Gasteiger partial charge in [-0.1, -0.05) is 0 Å².